The van der Waals surface area contributed by atoms with Gasteiger partial charge in [0.2, 0.25) is 0 Å². The van der Waals surface area contributed by atoms with Gasteiger partial charge >= 0.3 is 0 Å². The van der Waals surface area contributed by atoms with Gasteiger partial charge in [0.15, 0.2) is 0 Å². The van der Waals surface area contributed by atoms with Crippen LogP contribution < -0.4 is 5.32 Å². The summed E-state index contributed by atoms with van der Waals surface area (Å²) in [7, 11) is 0. The van der Waals surface area contributed by atoms with Gasteiger partial charge in [0.05, 0.1) is 10.6 Å². The number of ether oxygens (including phenoxy) is 1. The third-order valence-corrected chi connectivity index (χ3v) is 5.38. The molecule has 19 heavy (non-hydrogen) atoms. The van der Waals surface area contributed by atoms with Crippen molar-refractivity contribution in [2.75, 3.05) is 23.4 Å². The number of benzene rings is 1. The second kappa shape index (κ2) is 5.51. The van der Waals surface area contributed by atoms with Crippen LogP contribution in [0.5, 0.6) is 0 Å². The van der Waals surface area contributed by atoms with Gasteiger partial charge < -0.3 is 10.1 Å². The van der Waals surface area contributed by atoms with Crippen LogP contribution >= 0.6 is 23.4 Å². The van der Waals surface area contributed by atoms with Crippen LogP contribution in [0.25, 0.3) is 0 Å². The van der Waals surface area contributed by atoms with Crippen molar-refractivity contribution >= 4 is 29.1 Å². The summed E-state index contributed by atoms with van der Waals surface area (Å²) in [4.78, 5) is 0. The third kappa shape index (κ3) is 3.01. The Bertz CT molecular complexity index is 465. The minimum Gasteiger partial charge on any atom is -0.382 e. The van der Waals surface area contributed by atoms with E-state index in [2.05, 4.69) is 5.32 Å². The molecular formula is C14H17ClFNOS. The van der Waals surface area contributed by atoms with Gasteiger partial charge in [-0.25, -0.2) is 4.39 Å². The summed E-state index contributed by atoms with van der Waals surface area (Å²) in [6, 6.07) is 5.25. The summed E-state index contributed by atoms with van der Waals surface area (Å²) in [5.74, 6) is 1.90. The van der Waals surface area contributed by atoms with E-state index in [0.717, 1.165) is 37.3 Å². The Kier molecular flexibility index (Phi) is 3.92. The molecule has 2 aliphatic rings. The van der Waals surface area contributed by atoms with Crippen molar-refractivity contribution in [2.45, 2.75) is 30.9 Å². The fourth-order valence-electron chi connectivity index (χ4n) is 2.84. The zero-order valence-corrected chi connectivity index (χ0v) is 12.2. The van der Waals surface area contributed by atoms with Crippen LogP contribution in [0.3, 0.4) is 0 Å². The summed E-state index contributed by atoms with van der Waals surface area (Å²) in [6.45, 7) is 0.786. The maximum absolute atomic E-state index is 13.4. The lowest BCUT2D eigenvalue weighted by Gasteiger charge is -2.38. The quantitative estimate of drug-likeness (QED) is 0.894. The number of anilines is 1. The number of hydrogen-bond donors (Lipinski definition) is 1. The van der Waals surface area contributed by atoms with Crippen molar-refractivity contribution in [3.05, 3.63) is 29.0 Å². The van der Waals surface area contributed by atoms with Crippen molar-refractivity contribution in [3.63, 3.8) is 0 Å². The molecule has 3 rings (SSSR count). The van der Waals surface area contributed by atoms with E-state index in [1.807, 2.05) is 17.8 Å². The first-order valence-corrected chi connectivity index (χ1v) is 8.13. The third-order valence-electron chi connectivity index (χ3n) is 3.85. The van der Waals surface area contributed by atoms with E-state index >= 15 is 0 Å². The molecule has 0 amide bonds. The van der Waals surface area contributed by atoms with Gasteiger partial charge in [-0.3, -0.25) is 0 Å². The summed E-state index contributed by atoms with van der Waals surface area (Å²) in [5, 5.41) is 3.58. The number of thioether (sulfide) groups is 1. The Morgan fingerprint density at radius 3 is 3.11 bits per heavy atom. The predicted octanol–water partition coefficient (Wildman–Crippen LogP) is 3.95. The minimum absolute atomic E-state index is 0.0472. The second-order valence-corrected chi connectivity index (χ2v) is 6.81. The molecule has 0 aromatic heterocycles. The molecular weight excluding hydrogens is 285 g/mol. The van der Waals surface area contributed by atoms with Crippen LogP contribution in [-0.4, -0.2) is 29.8 Å². The molecule has 2 atom stereocenters. The van der Waals surface area contributed by atoms with E-state index in [1.54, 1.807) is 6.07 Å². The molecule has 2 aliphatic heterocycles. The van der Waals surface area contributed by atoms with Crippen LogP contribution in [0.4, 0.5) is 10.1 Å². The Morgan fingerprint density at radius 1 is 1.47 bits per heavy atom. The maximum Gasteiger partial charge on any atom is 0.143 e. The lowest BCUT2D eigenvalue weighted by Crippen LogP contribution is -2.44. The van der Waals surface area contributed by atoms with E-state index in [4.69, 9.17) is 16.3 Å². The van der Waals surface area contributed by atoms with E-state index < -0.39 is 0 Å². The number of rotatable bonds is 2. The Hall–Kier alpha value is -0.450. The summed E-state index contributed by atoms with van der Waals surface area (Å²) in [6.07, 6.45) is 3.10. The molecule has 0 radical (unpaired) electrons. The molecule has 2 unspecified atom stereocenters. The van der Waals surface area contributed by atoms with E-state index in [1.165, 1.54) is 11.8 Å². The molecule has 1 spiro atoms. The Balaban J connectivity index is 1.67. The van der Waals surface area contributed by atoms with Crippen molar-refractivity contribution in [1.82, 2.24) is 0 Å². The molecule has 0 saturated carbocycles. The number of halogens is 2. The van der Waals surface area contributed by atoms with Crippen molar-refractivity contribution < 1.29 is 9.13 Å². The van der Waals surface area contributed by atoms with Crippen molar-refractivity contribution in [3.8, 4) is 0 Å². The molecule has 1 aromatic rings. The zero-order valence-electron chi connectivity index (χ0n) is 10.6. The van der Waals surface area contributed by atoms with Gasteiger partial charge in [0.1, 0.15) is 5.82 Å². The van der Waals surface area contributed by atoms with E-state index in [9.17, 15) is 4.39 Å². The fourth-order valence-corrected chi connectivity index (χ4v) is 4.33. The lowest BCUT2D eigenvalue weighted by molar-refractivity contribution is -0.0628. The van der Waals surface area contributed by atoms with Gasteiger partial charge in [-0.15, -0.1) is 0 Å². The number of hydrogen-bond acceptors (Lipinski definition) is 3. The molecule has 1 aromatic carbocycles. The Morgan fingerprint density at radius 2 is 2.37 bits per heavy atom. The minimum atomic E-state index is -0.370. The highest BCUT2D eigenvalue weighted by atomic mass is 35.5. The molecule has 1 N–H and O–H groups in total. The fraction of sp³-hybridized carbons (Fsp3) is 0.571. The van der Waals surface area contributed by atoms with Crippen molar-refractivity contribution in [2.24, 2.45) is 0 Å². The highest BCUT2D eigenvalue weighted by Crippen LogP contribution is 2.39. The van der Waals surface area contributed by atoms with Crippen LogP contribution in [0.1, 0.15) is 19.3 Å². The maximum atomic E-state index is 13.4. The summed E-state index contributed by atoms with van der Waals surface area (Å²) < 4.78 is 19.4. The van der Waals surface area contributed by atoms with Crippen LogP contribution in [-0.2, 0) is 4.74 Å². The summed E-state index contributed by atoms with van der Waals surface area (Å²) in [5.41, 5.74) is 0.848. The normalized spacial score (nSPS) is 30.7. The molecule has 2 fully saturated rings. The first kappa shape index (κ1) is 13.5. The first-order valence-electron chi connectivity index (χ1n) is 6.60. The molecule has 2 heterocycles. The first-order chi connectivity index (χ1) is 9.17. The predicted molar refractivity (Wildman–Crippen MR) is 78.7 cm³/mol. The van der Waals surface area contributed by atoms with Crippen LogP contribution in [0.2, 0.25) is 5.02 Å². The van der Waals surface area contributed by atoms with Crippen molar-refractivity contribution in [1.29, 1.82) is 0 Å². The zero-order chi connectivity index (χ0) is 13.3. The monoisotopic (exact) mass is 301 g/mol. The van der Waals surface area contributed by atoms with Crippen LogP contribution in [0, 0.1) is 5.82 Å². The van der Waals surface area contributed by atoms with Gasteiger partial charge in [-0.2, -0.15) is 11.8 Å². The molecule has 0 bridgehead atoms. The van der Waals surface area contributed by atoms with E-state index in [-0.39, 0.29) is 16.4 Å². The second-order valence-electron chi connectivity index (χ2n) is 5.30. The lowest BCUT2D eigenvalue weighted by atomic mass is 9.90. The smallest absolute Gasteiger partial charge is 0.143 e. The van der Waals surface area contributed by atoms with Gasteiger partial charge in [0, 0.05) is 24.1 Å². The van der Waals surface area contributed by atoms with Gasteiger partial charge in [-0.05, 0) is 43.2 Å². The van der Waals surface area contributed by atoms with Gasteiger partial charge in [0.25, 0.3) is 0 Å². The summed E-state index contributed by atoms with van der Waals surface area (Å²) >= 11 is 7.66. The molecule has 0 aliphatic carbocycles. The standard InChI is InChI=1S/C14H17ClFNOS/c15-12-2-1-10(7-13(12)16)17-11-3-5-18-14(8-11)4-6-19-9-14/h1-2,7,11,17H,3-6,8-9H2. The molecule has 2 saturated heterocycles. The molecule has 104 valence electrons. The highest BCUT2D eigenvalue weighted by Gasteiger charge is 2.40. The average molecular weight is 302 g/mol. The number of nitrogens with one attached hydrogen (secondary N) is 1. The highest BCUT2D eigenvalue weighted by molar-refractivity contribution is 7.99. The molecule has 2 nitrogen and oxygen atoms in total. The largest absolute Gasteiger partial charge is 0.382 e. The van der Waals surface area contributed by atoms with E-state index in [0.29, 0.717) is 6.04 Å². The average Bonchev–Trinajstić information content (AvgIpc) is 2.82. The molecule has 5 heteroatoms. The Labute approximate surface area is 122 Å². The SMILES string of the molecule is Fc1cc(NC2CCOC3(CCSC3)C2)ccc1Cl. The topological polar surface area (TPSA) is 21.3 Å². The van der Waals surface area contributed by atoms with Gasteiger partial charge in [-0.1, -0.05) is 11.6 Å². The van der Waals surface area contributed by atoms with Crippen LogP contribution in [0.15, 0.2) is 18.2 Å².